The summed E-state index contributed by atoms with van der Waals surface area (Å²) in [5, 5.41) is 14.3. The molecule has 0 aliphatic heterocycles. The molecule has 0 saturated heterocycles. The minimum Gasteiger partial charge on any atom is -0.386 e. The molecule has 0 aliphatic rings. The normalized spacial score (nSPS) is 12.7. The van der Waals surface area contributed by atoms with Gasteiger partial charge in [0.05, 0.1) is 11.8 Å². The van der Waals surface area contributed by atoms with Gasteiger partial charge in [-0.3, -0.25) is 4.68 Å². The van der Waals surface area contributed by atoms with E-state index in [1.54, 1.807) is 23.0 Å². The molecule has 0 bridgehead atoms. The van der Waals surface area contributed by atoms with E-state index in [9.17, 15) is 9.50 Å². The van der Waals surface area contributed by atoms with Crippen LogP contribution in [0.2, 0.25) is 0 Å². The quantitative estimate of drug-likeness (QED) is 0.942. The number of nitrogens with zero attached hydrogens (tertiary/aromatic N) is 2. The molecule has 2 rings (SSSR count). The first-order valence-electron chi connectivity index (χ1n) is 5.75. The van der Waals surface area contributed by atoms with Crippen molar-refractivity contribution >= 4 is 15.9 Å². The van der Waals surface area contributed by atoms with Crippen molar-refractivity contribution in [1.82, 2.24) is 9.78 Å². The second-order valence-corrected chi connectivity index (χ2v) is 4.88. The number of hydrogen-bond acceptors (Lipinski definition) is 2. The van der Waals surface area contributed by atoms with Crippen LogP contribution in [0.1, 0.15) is 24.3 Å². The van der Waals surface area contributed by atoms with Crippen molar-refractivity contribution in [2.24, 2.45) is 0 Å². The van der Waals surface area contributed by atoms with E-state index >= 15 is 0 Å². The predicted molar refractivity (Wildman–Crippen MR) is 70.7 cm³/mol. The number of aromatic nitrogens is 2. The van der Waals surface area contributed by atoms with Crippen LogP contribution in [0.4, 0.5) is 4.39 Å². The molecule has 0 radical (unpaired) electrons. The SMILES string of the molecule is CCn1nccc1C(O)Cc1cc(F)ccc1Br. The van der Waals surface area contributed by atoms with Crippen molar-refractivity contribution in [1.29, 1.82) is 0 Å². The van der Waals surface area contributed by atoms with Crippen LogP contribution in [0.15, 0.2) is 34.9 Å². The van der Waals surface area contributed by atoms with Gasteiger partial charge in [-0.25, -0.2) is 4.39 Å². The van der Waals surface area contributed by atoms with Crippen molar-refractivity contribution < 1.29 is 9.50 Å². The van der Waals surface area contributed by atoms with Crippen LogP contribution in [0.5, 0.6) is 0 Å². The fraction of sp³-hybridized carbons (Fsp3) is 0.308. The first-order valence-corrected chi connectivity index (χ1v) is 6.54. The van der Waals surface area contributed by atoms with E-state index in [2.05, 4.69) is 21.0 Å². The van der Waals surface area contributed by atoms with Crippen LogP contribution in [0.3, 0.4) is 0 Å². The minimum absolute atomic E-state index is 0.301. The van der Waals surface area contributed by atoms with Gasteiger partial charge < -0.3 is 5.11 Å². The van der Waals surface area contributed by atoms with E-state index in [1.165, 1.54) is 12.1 Å². The zero-order valence-electron chi connectivity index (χ0n) is 9.98. The van der Waals surface area contributed by atoms with Crippen LogP contribution in [-0.4, -0.2) is 14.9 Å². The molecule has 0 saturated carbocycles. The Balaban J connectivity index is 2.21. The van der Waals surface area contributed by atoms with Gasteiger partial charge in [-0.1, -0.05) is 15.9 Å². The standard InChI is InChI=1S/C13H14BrFN2O/c1-2-17-12(5-6-16-17)13(18)8-9-7-10(15)3-4-11(9)14/h3-7,13,18H,2,8H2,1H3. The topological polar surface area (TPSA) is 38.0 Å². The van der Waals surface area contributed by atoms with Crippen LogP contribution in [0, 0.1) is 5.82 Å². The number of aryl methyl sites for hydroxylation is 1. The first-order chi connectivity index (χ1) is 8.61. The molecule has 2 aromatic rings. The third-order valence-corrected chi connectivity index (χ3v) is 3.58. The molecule has 1 N–H and O–H groups in total. The van der Waals surface area contributed by atoms with Gasteiger partial charge in [0.2, 0.25) is 0 Å². The third kappa shape index (κ3) is 2.79. The molecular weight excluding hydrogens is 299 g/mol. The Morgan fingerprint density at radius 3 is 2.94 bits per heavy atom. The van der Waals surface area contributed by atoms with Crippen LogP contribution in [-0.2, 0) is 13.0 Å². The van der Waals surface area contributed by atoms with Crippen molar-refractivity contribution in [3.8, 4) is 0 Å². The number of benzene rings is 1. The van der Waals surface area contributed by atoms with Crippen molar-refractivity contribution in [2.75, 3.05) is 0 Å². The molecule has 96 valence electrons. The molecule has 0 spiro atoms. The van der Waals surface area contributed by atoms with Gasteiger partial charge in [-0.05, 0) is 36.8 Å². The van der Waals surface area contributed by atoms with Crippen LogP contribution >= 0.6 is 15.9 Å². The zero-order chi connectivity index (χ0) is 13.1. The van der Waals surface area contributed by atoms with E-state index in [4.69, 9.17) is 0 Å². The predicted octanol–water partition coefficient (Wildman–Crippen LogP) is 3.08. The molecule has 1 atom stereocenters. The molecule has 1 aromatic heterocycles. The molecule has 0 fully saturated rings. The lowest BCUT2D eigenvalue weighted by Gasteiger charge is -2.13. The number of aliphatic hydroxyl groups excluding tert-OH is 1. The summed E-state index contributed by atoms with van der Waals surface area (Å²) in [6, 6.07) is 6.24. The molecule has 0 aliphatic carbocycles. The maximum absolute atomic E-state index is 13.2. The van der Waals surface area contributed by atoms with E-state index in [1.807, 2.05) is 6.92 Å². The van der Waals surface area contributed by atoms with Crippen molar-refractivity contribution in [3.63, 3.8) is 0 Å². The fourth-order valence-electron chi connectivity index (χ4n) is 1.90. The third-order valence-electron chi connectivity index (χ3n) is 2.81. The largest absolute Gasteiger partial charge is 0.386 e. The van der Waals surface area contributed by atoms with Gasteiger partial charge in [-0.2, -0.15) is 5.10 Å². The highest BCUT2D eigenvalue weighted by atomic mass is 79.9. The van der Waals surface area contributed by atoms with Gasteiger partial charge in [0.1, 0.15) is 5.82 Å². The average molecular weight is 313 g/mol. The summed E-state index contributed by atoms with van der Waals surface area (Å²) in [6.45, 7) is 2.66. The van der Waals surface area contributed by atoms with Crippen molar-refractivity contribution in [3.05, 3.63) is 52.0 Å². The highest BCUT2D eigenvalue weighted by molar-refractivity contribution is 9.10. The monoisotopic (exact) mass is 312 g/mol. The Labute approximate surface area is 113 Å². The number of halogens is 2. The lowest BCUT2D eigenvalue weighted by atomic mass is 10.1. The van der Waals surface area contributed by atoms with E-state index < -0.39 is 6.10 Å². The number of aliphatic hydroxyl groups is 1. The molecule has 1 unspecified atom stereocenters. The lowest BCUT2D eigenvalue weighted by molar-refractivity contribution is 0.167. The second-order valence-electron chi connectivity index (χ2n) is 4.03. The van der Waals surface area contributed by atoms with Crippen LogP contribution in [0.25, 0.3) is 0 Å². The Morgan fingerprint density at radius 1 is 1.44 bits per heavy atom. The second kappa shape index (κ2) is 5.63. The van der Waals surface area contributed by atoms with Gasteiger partial charge in [0.15, 0.2) is 0 Å². The molecule has 5 heteroatoms. The highest BCUT2D eigenvalue weighted by Crippen LogP contribution is 2.24. The summed E-state index contributed by atoms with van der Waals surface area (Å²) in [5.74, 6) is -0.301. The maximum Gasteiger partial charge on any atom is 0.123 e. The molecule has 1 heterocycles. The van der Waals surface area contributed by atoms with E-state index in [0.717, 1.165) is 15.7 Å². The van der Waals surface area contributed by atoms with Gasteiger partial charge in [-0.15, -0.1) is 0 Å². The first kappa shape index (κ1) is 13.2. The summed E-state index contributed by atoms with van der Waals surface area (Å²) >= 11 is 3.36. The van der Waals surface area contributed by atoms with Crippen molar-refractivity contribution in [2.45, 2.75) is 26.0 Å². The zero-order valence-corrected chi connectivity index (χ0v) is 11.6. The minimum atomic E-state index is -0.689. The molecule has 3 nitrogen and oxygen atoms in total. The summed E-state index contributed by atoms with van der Waals surface area (Å²) in [7, 11) is 0. The Hall–Kier alpha value is -1.20. The number of hydrogen-bond donors (Lipinski definition) is 1. The van der Waals surface area contributed by atoms with Gasteiger partial charge in [0.25, 0.3) is 0 Å². The highest BCUT2D eigenvalue weighted by Gasteiger charge is 2.15. The molecular formula is C13H14BrFN2O. The average Bonchev–Trinajstić information content (AvgIpc) is 2.82. The molecule has 18 heavy (non-hydrogen) atoms. The summed E-state index contributed by atoms with van der Waals surface area (Å²) in [6.07, 6.45) is 1.32. The van der Waals surface area contributed by atoms with Crippen LogP contribution < -0.4 is 0 Å². The van der Waals surface area contributed by atoms with Gasteiger partial charge in [0, 0.05) is 23.6 Å². The van der Waals surface area contributed by atoms with Gasteiger partial charge >= 0.3 is 0 Å². The van der Waals surface area contributed by atoms with E-state index in [0.29, 0.717) is 13.0 Å². The summed E-state index contributed by atoms with van der Waals surface area (Å²) < 4.78 is 15.7. The van der Waals surface area contributed by atoms with E-state index in [-0.39, 0.29) is 5.82 Å². The lowest BCUT2D eigenvalue weighted by Crippen LogP contribution is -2.10. The number of rotatable bonds is 4. The fourth-order valence-corrected chi connectivity index (χ4v) is 2.31. The Bertz CT molecular complexity index is 542. The smallest absolute Gasteiger partial charge is 0.123 e. The summed E-state index contributed by atoms with van der Waals surface area (Å²) in [4.78, 5) is 0. The molecule has 0 amide bonds. The maximum atomic E-state index is 13.2. The Morgan fingerprint density at radius 2 is 2.22 bits per heavy atom. The Kier molecular flexibility index (Phi) is 4.14. The summed E-state index contributed by atoms with van der Waals surface area (Å²) in [5.41, 5.74) is 1.49. The molecule has 1 aromatic carbocycles.